The van der Waals surface area contributed by atoms with Crippen molar-refractivity contribution in [2.75, 3.05) is 12.4 Å². The number of anilines is 1. The number of imidazole rings is 1. The van der Waals surface area contributed by atoms with Crippen molar-refractivity contribution in [3.8, 4) is 17.1 Å². The molecule has 0 amide bonds. The molecule has 1 atom stereocenters. The monoisotopic (exact) mass is 446 g/mol. The zero-order valence-corrected chi connectivity index (χ0v) is 17.9. The average molecular weight is 447 g/mol. The Balaban J connectivity index is 0.00000259. The van der Waals surface area contributed by atoms with Crippen molar-refractivity contribution >= 4 is 27.8 Å². The molecule has 10 nitrogen and oxygen atoms in total. The van der Waals surface area contributed by atoms with Gasteiger partial charge in [-0.05, 0) is 24.6 Å². The highest BCUT2D eigenvalue weighted by molar-refractivity contribution is 5.96. The fourth-order valence-electron chi connectivity index (χ4n) is 3.80. The van der Waals surface area contributed by atoms with E-state index in [-0.39, 0.29) is 19.0 Å². The molecule has 4 aromatic heterocycles. The lowest BCUT2D eigenvalue weighted by Crippen LogP contribution is -2.18. The maximum atomic E-state index is 13.2. The van der Waals surface area contributed by atoms with E-state index in [1.165, 1.54) is 0 Å². The molecule has 1 aromatic carbocycles. The SMILES string of the molecule is C.CC[C@@H](Nc1c(-c2nc3ccc(OC)cc3[nH]2)c(=O)[nH]c2cn(C)nc12)c1ncccn1. The zero-order chi connectivity index (χ0) is 22.2. The van der Waals surface area contributed by atoms with Crippen LogP contribution in [0.1, 0.15) is 32.6 Å². The maximum Gasteiger partial charge on any atom is 0.261 e. The van der Waals surface area contributed by atoms with Crippen LogP contribution < -0.4 is 15.6 Å². The van der Waals surface area contributed by atoms with Gasteiger partial charge in [0.1, 0.15) is 28.5 Å². The molecule has 0 spiro atoms. The van der Waals surface area contributed by atoms with E-state index >= 15 is 0 Å². The van der Waals surface area contributed by atoms with Gasteiger partial charge in [0.15, 0.2) is 0 Å². The van der Waals surface area contributed by atoms with Crippen molar-refractivity contribution in [2.45, 2.75) is 26.8 Å². The Hall–Kier alpha value is -4.21. The molecular formula is C23H26N8O2. The first-order chi connectivity index (χ1) is 15.6. The van der Waals surface area contributed by atoms with Crippen molar-refractivity contribution in [2.24, 2.45) is 7.05 Å². The second kappa shape index (κ2) is 8.73. The van der Waals surface area contributed by atoms with E-state index in [0.717, 1.165) is 11.0 Å². The standard InChI is InChI=1S/C22H22N8O2.CH4/c1-4-13(20-23-8-5-9-24-20)25-19-17(22(31)28-16-11-30(2)29-18(16)19)21-26-14-7-6-12(32-3)10-15(14)27-21;/h5-11,13,25H,4H2,1-3H3,(H,26,27)(H,28,31);1H4/t13-;/m1./s1. The highest BCUT2D eigenvalue weighted by Gasteiger charge is 2.23. The number of hydrogen-bond donors (Lipinski definition) is 3. The number of ether oxygens (including phenoxy) is 1. The lowest BCUT2D eigenvalue weighted by Gasteiger charge is -2.18. The number of nitrogens with one attached hydrogen (secondary N) is 3. The van der Waals surface area contributed by atoms with Gasteiger partial charge in [0.25, 0.3) is 5.56 Å². The first kappa shape index (κ1) is 22.0. The zero-order valence-electron chi connectivity index (χ0n) is 17.9. The van der Waals surface area contributed by atoms with E-state index in [4.69, 9.17) is 4.74 Å². The molecule has 0 aliphatic carbocycles. The summed E-state index contributed by atoms with van der Waals surface area (Å²) in [7, 11) is 3.42. The molecule has 0 saturated carbocycles. The number of benzene rings is 1. The summed E-state index contributed by atoms with van der Waals surface area (Å²) in [6, 6.07) is 7.08. The molecule has 170 valence electrons. The van der Waals surface area contributed by atoms with Gasteiger partial charge in [-0.15, -0.1) is 0 Å². The fourth-order valence-corrected chi connectivity index (χ4v) is 3.80. The molecule has 0 saturated heterocycles. The molecule has 0 unspecified atom stereocenters. The third-order valence-electron chi connectivity index (χ3n) is 5.34. The Bertz CT molecular complexity index is 1470. The minimum Gasteiger partial charge on any atom is -0.497 e. The molecule has 10 heteroatoms. The molecule has 33 heavy (non-hydrogen) atoms. The number of aromatic amines is 2. The quantitative estimate of drug-likeness (QED) is 0.362. The molecule has 0 fully saturated rings. The predicted molar refractivity (Wildman–Crippen MR) is 128 cm³/mol. The van der Waals surface area contributed by atoms with Gasteiger partial charge in [0.05, 0.1) is 35.4 Å². The summed E-state index contributed by atoms with van der Waals surface area (Å²) in [4.78, 5) is 32.8. The molecule has 0 aliphatic heterocycles. The van der Waals surface area contributed by atoms with Crippen molar-refractivity contribution in [3.63, 3.8) is 0 Å². The normalized spacial score (nSPS) is 12.0. The van der Waals surface area contributed by atoms with Crippen LogP contribution in [0, 0.1) is 0 Å². The maximum absolute atomic E-state index is 13.2. The Morgan fingerprint density at radius 3 is 2.70 bits per heavy atom. The van der Waals surface area contributed by atoms with E-state index in [1.54, 1.807) is 36.4 Å². The van der Waals surface area contributed by atoms with Crippen LogP contribution in [-0.2, 0) is 7.05 Å². The third kappa shape index (κ3) is 3.91. The minimum absolute atomic E-state index is 0. The molecule has 0 aliphatic rings. The Morgan fingerprint density at radius 2 is 1.97 bits per heavy atom. The number of rotatable bonds is 6. The van der Waals surface area contributed by atoms with Crippen LogP contribution in [0.2, 0.25) is 0 Å². The molecule has 3 N–H and O–H groups in total. The Labute approximate surface area is 190 Å². The van der Waals surface area contributed by atoms with Crippen LogP contribution in [0.4, 0.5) is 5.69 Å². The summed E-state index contributed by atoms with van der Waals surface area (Å²) in [5, 5.41) is 8.05. The highest BCUT2D eigenvalue weighted by Crippen LogP contribution is 2.33. The number of H-pyrrole nitrogens is 2. The number of methoxy groups -OCH3 is 1. The van der Waals surface area contributed by atoms with Gasteiger partial charge in [-0.3, -0.25) is 9.48 Å². The Kier molecular flexibility index (Phi) is 5.82. The van der Waals surface area contributed by atoms with Gasteiger partial charge in [0, 0.05) is 31.7 Å². The summed E-state index contributed by atoms with van der Waals surface area (Å²) in [5.41, 5.74) is 3.44. The van der Waals surface area contributed by atoms with Crippen molar-refractivity contribution in [1.29, 1.82) is 0 Å². The highest BCUT2D eigenvalue weighted by atomic mass is 16.5. The number of aromatic nitrogens is 7. The number of nitrogens with zero attached hydrogens (tertiary/aromatic N) is 5. The van der Waals surface area contributed by atoms with Gasteiger partial charge in [-0.1, -0.05) is 14.4 Å². The summed E-state index contributed by atoms with van der Waals surface area (Å²) in [6.07, 6.45) is 5.89. The third-order valence-corrected chi connectivity index (χ3v) is 5.34. The van der Waals surface area contributed by atoms with Crippen molar-refractivity contribution in [3.05, 3.63) is 59.0 Å². The lowest BCUT2D eigenvalue weighted by molar-refractivity contribution is 0.415. The Morgan fingerprint density at radius 1 is 1.18 bits per heavy atom. The molecular weight excluding hydrogens is 420 g/mol. The molecule has 5 aromatic rings. The number of hydrogen-bond acceptors (Lipinski definition) is 7. The second-order valence-electron chi connectivity index (χ2n) is 7.45. The van der Waals surface area contributed by atoms with E-state index in [2.05, 4.69) is 35.3 Å². The molecule has 0 radical (unpaired) electrons. The summed E-state index contributed by atoms with van der Waals surface area (Å²) < 4.78 is 6.97. The van der Waals surface area contributed by atoms with Crippen molar-refractivity contribution in [1.82, 2.24) is 34.7 Å². The van der Waals surface area contributed by atoms with Gasteiger partial charge in [-0.25, -0.2) is 15.0 Å². The van der Waals surface area contributed by atoms with Gasteiger partial charge < -0.3 is 20.0 Å². The molecule has 4 heterocycles. The molecule has 5 rings (SSSR count). The van der Waals surface area contributed by atoms with Gasteiger partial charge in [0.2, 0.25) is 0 Å². The number of fused-ring (bicyclic) bond motifs is 2. The smallest absolute Gasteiger partial charge is 0.261 e. The van der Waals surface area contributed by atoms with E-state index < -0.39 is 0 Å². The first-order valence-corrected chi connectivity index (χ1v) is 10.2. The van der Waals surface area contributed by atoms with Crippen LogP contribution >= 0.6 is 0 Å². The second-order valence-corrected chi connectivity index (χ2v) is 7.45. The van der Waals surface area contributed by atoms with E-state index in [9.17, 15) is 4.79 Å². The van der Waals surface area contributed by atoms with Gasteiger partial charge >= 0.3 is 0 Å². The van der Waals surface area contributed by atoms with Crippen LogP contribution in [0.5, 0.6) is 5.75 Å². The summed E-state index contributed by atoms with van der Waals surface area (Å²) in [6.45, 7) is 2.03. The van der Waals surface area contributed by atoms with E-state index in [0.29, 0.717) is 46.1 Å². The summed E-state index contributed by atoms with van der Waals surface area (Å²) in [5.74, 6) is 1.78. The fraction of sp³-hybridized carbons (Fsp3) is 0.261. The number of aryl methyl sites for hydroxylation is 1. The topological polar surface area (TPSA) is 126 Å². The van der Waals surface area contributed by atoms with Crippen molar-refractivity contribution < 1.29 is 4.74 Å². The number of pyridine rings is 1. The average Bonchev–Trinajstić information content (AvgIpc) is 3.39. The van der Waals surface area contributed by atoms with E-state index in [1.807, 2.05) is 32.2 Å². The lowest BCUT2D eigenvalue weighted by atomic mass is 10.1. The largest absolute Gasteiger partial charge is 0.497 e. The van der Waals surface area contributed by atoms with Crippen LogP contribution in [0.25, 0.3) is 33.5 Å². The van der Waals surface area contributed by atoms with Gasteiger partial charge in [-0.2, -0.15) is 5.10 Å². The van der Waals surface area contributed by atoms with Crippen LogP contribution in [-0.4, -0.2) is 41.8 Å². The summed E-state index contributed by atoms with van der Waals surface area (Å²) >= 11 is 0. The first-order valence-electron chi connectivity index (χ1n) is 10.2. The van der Waals surface area contributed by atoms with Crippen LogP contribution in [0.3, 0.4) is 0 Å². The minimum atomic E-state index is -0.275. The predicted octanol–water partition coefficient (Wildman–Crippen LogP) is 3.80. The van der Waals surface area contributed by atoms with Crippen LogP contribution in [0.15, 0.2) is 47.7 Å². The molecule has 0 bridgehead atoms.